The average molecular weight is 436 g/mol. The first-order chi connectivity index (χ1) is 15.6. The van der Waals surface area contributed by atoms with E-state index < -0.39 is 0 Å². The molecule has 6 heteroatoms. The summed E-state index contributed by atoms with van der Waals surface area (Å²) in [6.07, 6.45) is 2.93. The molecule has 2 aromatic carbocycles. The van der Waals surface area contributed by atoms with E-state index in [0.717, 1.165) is 47.8 Å². The zero-order chi connectivity index (χ0) is 22.5. The van der Waals surface area contributed by atoms with Gasteiger partial charge in [-0.1, -0.05) is 6.07 Å². The molecule has 4 rings (SSSR count). The molecule has 1 aliphatic rings. The third kappa shape index (κ3) is 4.59. The second-order valence-electron chi connectivity index (χ2n) is 7.85. The molecule has 1 fully saturated rings. The van der Waals surface area contributed by atoms with E-state index in [1.807, 2.05) is 59.5 Å². The number of furan rings is 1. The summed E-state index contributed by atoms with van der Waals surface area (Å²) in [5, 5.41) is 0. The number of hydrogen-bond acceptors (Lipinski definition) is 5. The molecule has 6 nitrogen and oxygen atoms in total. The topological polar surface area (TPSA) is 61.1 Å². The fourth-order valence-corrected chi connectivity index (χ4v) is 4.27. The van der Waals surface area contributed by atoms with Crippen molar-refractivity contribution in [3.8, 4) is 28.6 Å². The quantitative estimate of drug-likeness (QED) is 0.482. The molecular formula is C26H29NO5. The smallest absolute Gasteiger partial charge is 0.223 e. The summed E-state index contributed by atoms with van der Waals surface area (Å²) in [7, 11) is 4.90. The van der Waals surface area contributed by atoms with Crippen LogP contribution in [0.3, 0.4) is 0 Å². The van der Waals surface area contributed by atoms with Gasteiger partial charge in [0.25, 0.3) is 0 Å². The summed E-state index contributed by atoms with van der Waals surface area (Å²) in [5.74, 6) is 3.93. The van der Waals surface area contributed by atoms with Crippen LogP contribution in [0, 0.1) is 0 Å². The van der Waals surface area contributed by atoms with Crippen molar-refractivity contribution >= 4 is 5.91 Å². The summed E-state index contributed by atoms with van der Waals surface area (Å²) in [6, 6.07) is 17.6. The average Bonchev–Trinajstić information content (AvgIpc) is 3.52. The van der Waals surface area contributed by atoms with Crippen LogP contribution >= 0.6 is 0 Å². The highest BCUT2D eigenvalue weighted by Crippen LogP contribution is 2.37. The number of aryl methyl sites for hydroxylation is 1. The van der Waals surface area contributed by atoms with E-state index in [1.165, 1.54) is 0 Å². The number of ether oxygens (including phenoxy) is 3. The Bertz CT molecular complexity index is 1060. The van der Waals surface area contributed by atoms with Crippen LogP contribution in [0.5, 0.6) is 17.2 Å². The van der Waals surface area contributed by atoms with Crippen LogP contribution in [0.15, 0.2) is 59.0 Å². The van der Waals surface area contributed by atoms with Gasteiger partial charge in [-0.3, -0.25) is 4.79 Å². The molecule has 1 saturated heterocycles. The maximum Gasteiger partial charge on any atom is 0.223 e. The second-order valence-corrected chi connectivity index (χ2v) is 7.85. The van der Waals surface area contributed by atoms with Gasteiger partial charge in [0, 0.05) is 24.9 Å². The maximum atomic E-state index is 13.0. The zero-order valence-electron chi connectivity index (χ0n) is 18.8. The molecule has 1 unspecified atom stereocenters. The number of likely N-dealkylation sites (tertiary alicyclic amines) is 1. The van der Waals surface area contributed by atoms with E-state index in [4.69, 9.17) is 18.6 Å². The van der Waals surface area contributed by atoms with Gasteiger partial charge in [-0.05, 0) is 66.9 Å². The molecule has 0 N–H and O–H groups in total. The molecule has 0 spiro atoms. The molecule has 1 amide bonds. The molecule has 168 valence electrons. The van der Waals surface area contributed by atoms with Crippen molar-refractivity contribution < 1.29 is 23.4 Å². The van der Waals surface area contributed by atoms with Crippen molar-refractivity contribution in [3.63, 3.8) is 0 Å². The lowest BCUT2D eigenvalue weighted by atomic mass is 10.0. The van der Waals surface area contributed by atoms with Gasteiger partial charge < -0.3 is 23.5 Å². The first-order valence-corrected chi connectivity index (χ1v) is 10.9. The third-order valence-corrected chi connectivity index (χ3v) is 5.99. The number of benzene rings is 2. The fraction of sp³-hybridized carbons (Fsp3) is 0.346. The van der Waals surface area contributed by atoms with Crippen molar-refractivity contribution in [1.82, 2.24) is 4.90 Å². The van der Waals surface area contributed by atoms with Crippen LogP contribution in [0.1, 0.15) is 36.6 Å². The lowest BCUT2D eigenvalue weighted by molar-refractivity contribution is -0.132. The second kappa shape index (κ2) is 9.81. The van der Waals surface area contributed by atoms with Crippen molar-refractivity contribution in [2.45, 2.75) is 31.7 Å². The molecule has 1 aliphatic heterocycles. The van der Waals surface area contributed by atoms with Crippen molar-refractivity contribution in [1.29, 1.82) is 0 Å². The molecule has 0 radical (unpaired) electrons. The number of methoxy groups -OCH3 is 3. The first kappa shape index (κ1) is 21.8. The largest absolute Gasteiger partial charge is 0.497 e. The summed E-state index contributed by atoms with van der Waals surface area (Å²) in [6.45, 7) is 0.771. The molecule has 3 aromatic rings. The molecule has 0 aliphatic carbocycles. The normalized spacial score (nSPS) is 15.6. The van der Waals surface area contributed by atoms with Gasteiger partial charge in [0.1, 0.15) is 17.3 Å². The van der Waals surface area contributed by atoms with E-state index in [9.17, 15) is 4.79 Å². The standard InChI is InChI=1S/C26H29NO5/c1-29-20-9-6-18(7-10-20)23-14-11-21(32-23)12-15-26(28)27-16-4-5-22(27)19-8-13-24(30-2)25(17-19)31-3/h6-11,13-14,17,22H,4-5,12,15-16H2,1-3H3. The predicted octanol–water partition coefficient (Wildman–Crippen LogP) is 5.27. The van der Waals surface area contributed by atoms with E-state index in [1.54, 1.807) is 21.3 Å². The molecule has 1 atom stereocenters. The summed E-state index contributed by atoms with van der Waals surface area (Å²) in [4.78, 5) is 15.0. The highest BCUT2D eigenvalue weighted by molar-refractivity contribution is 5.77. The van der Waals surface area contributed by atoms with Gasteiger partial charge >= 0.3 is 0 Å². The summed E-state index contributed by atoms with van der Waals surface area (Å²) >= 11 is 0. The van der Waals surface area contributed by atoms with Gasteiger partial charge in [0.05, 0.1) is 27.4 Å². The highest BCUT2D eigenvalue weighted by atomic mass is 16.5. The van der Waals surface area contributed by atoms with Crippen molar-refractivity contribution in [3.05, 3.63) is 65.9 Å². The Morgan fingerprint density at radius 3 is 2.47 bits per heavy atom. The van der Waals surface area contributed by atoms with Gasteiger partial charge in [-0.2, -0.15) is 0 Å². The van der Waals surface area contributed by atoms with Crippen LogP contribution in [0.4, 0.5) is 0 Å². The number of amides is 1. The van der Waals surface area contributed by atoms with Gasteiger partial charge in [-0.25, -0.2) is 0 Å². The Kier molecular flexibility index (Phi) is 6.69. The number of nitrogens with zero attached hydrogens (tertiary/aromatic N) is 1. The zero-order valence-corrected chi connectivity index (χ0v) is 18.8. The van der Waals surface area contributed by atoms with Crippen LogP contribution < -0.4 is 14.2 Å². The Balaban J connectivity index is 1.40. The molecule has 0 bridgehead atoms. The van der Waals surface area contributed by atoms with Crippen LogP contribution in [0.25, 0.3) is 11.3 Å². The van der Waals surface area contributed by atoms with Crippen molar-refractivity contribution in [2.24, 2.45) is 0 Å². The maximum absolute atomic E-state index is 13.0. The van der Waals surface area contributed by atoms with Crippen molar-refractivity contribution in [2.75, 3.05) is 27.9 Å². The molecule has 32 heavy (non-hydrogen) atoms. The minimum absolute atomic E-state index is 0.0637. The van der Waals surface area contributed by atoms with Gasteiger partial charge in [0.15, 0.2) is 11.5 Å². The Hall–Kier alpha value is -3.41. The summed E-state index contributed by atoms with van der Waals surface area (Å²) < 4.78 is 22.0. The number of rotatable bonds is 8. The van der Waals surface area contributed by atoms with Crippen LogP contribution in [0.2, 0.25) is 0 Å². The molecular weight excluding hydrogens is 406 g/mol. The lowest BCUT2D eigenvalue weighted by Crippen LogP contribution is -2.30. The summed E-state index contributed by atoms with van der Waals surface area (Å²) in [5.41, 5.74) is 2.06. The van der Waals surface area contributed by atoms with E-state index >= 15 is 0 Å². The number of carbonyl (C=O) groups excluding carboxylic acids is 1. The Morgan fingerprint density at radius 1 is 0.969 bits per heavy atom. The monoisotopic (exact) mass is 435 g/mol. The number of carbonyl (C=O) groups is 1. The number of hydrogen-bond donors (Lipinski definition) is 0. The molecule has 1 aromatic heterocycles. The minimum Gasteiger partial charge on any atom is -0.497 e. The molecule has 0 saturated carbocycles. The Labute approximate surface area is 188 Å². The SMILES string of the molecule is COc1ccc(-c2ccc(CCC(=O)N3CCCC3c3ccc(OC)c(OC)c3)o2)cc1. The first-order valence-electron chi connectivity index (χ1n) is 10.9. The van der Waals surface area contributed by atoms with Gasteiger partial charge in [0.2, 0.25) is 5.91 Å². The van der Waals surface area contributed by atoms with Crippen LogP contribution in [-0.2, 0) is 11.2 Å². The predicted molar refractivity (Wildman–Crippen MR) is 122 cm³/mol. The minimum atomic E-state index is 0.0637. The highest BCUT2D eigenvalue weighted by Gasteiger charge is 2.30. The van der Waals surface area contributed by atoms with E-state index in [-0.39, 0.29) is 11.9 Å². The van der Waals surface area contributed by atoms with E-state index in [0.29, 0.717) is 24.3 Å². The van der Waals surface area contributed by atoms with E-state index in [2.05, 4.69) is 0 Å². The third-order valence-electron chi connectivity index (χ3n) is 5.99. The van der Waals surface area contributed by atoms with Crippen LogP contribution in [-0.4, -0.2) is 38.7 Å². The Morgan fingerprint density at radius 2 is 1.75 bits per heavy atom. The van der Waals surface area contributed by atoms with Gasteiger partial charge in [-0.15, -0.1) is 0 Å². The fourth-order valence-electron chi connectivity index (χ4n) is 4.27. The lowest BCUT2D eigenvalue weighted by Gasteiger charge is -2.25. The molecule has 2 heterocycles.